The minimum atomic E-state index is -0.280. The summed E-state index contributed by atoms with van der Waals surface area (Å²) < 4.78 is 10.8. The zero-order valence-electron chi connectivity index (χ0n) is 22.3. The molecule has 2 atom stereocenters. The van der Waals surface area contributed by atoms with Crippen molar-refractivity contribution < 1.29 is 19.1 Å². The highest BCUT2D eigenvalue weighted by atomic mass is 16.5. The fourth-order valence-electron chi connectivity index (χ4n) is 5.58. The maximum absolute atomic E-state index is 13.9. The molecule has 198 valence electrons. The molecule has 5 rings (SSSR count). The van der Waals surface area contributed by atoms with Crippen LogP contribution in [-0.4, -0.2) is 75.1 Å². The van der Waals surface area contributed by atoms with Gasteiger partial charge in [0, 0.05) is 50.7 Å². The Labute approximate surface area is 224 Å². The number of likely N-dealkylation sites (tertiary alicyclic amines) is 1. The molecule has 0 radical (unpaired) electrons. The van der Waals surface area contributed by atoms with Crippen LogP contribution in [0, 0.1) is 12.8 Å². The molecule has 2 heterocycles. The summed E-state index contributed by atoms with van der Waals surface area (Å²) in [4.78, 5) is 33.4. The lowest BCUT2D eigenvalue weighted by atomic mass is 9.87. The normalized spacial score (nSPS) is 19.4. The number of anilines is 1. The van der Waals surface area contributed by atoms with Gasteiger partial charge < -0.3 is 24.2 Å². The molecule has 7 heteroatoms. The van der Waals surface area contributed by atoms with E-state index >= 15 is 0 Å². The highest BCUT2D eigenvalue weighted by Crippen LogP contribution is 2.36. The summed E-state index contributed by atoms with van der Waals surface area (Å²) in [5.74, 6) is 1.30. The van der Waals surface area contributed by atoms with Crippen LogP contribution in [0.25, 0.3) is 0 Å². The molecule has 0 saturated carbocycles. The Morgan fingerprint density at radius 2 is 1.45 bits per heavy atom. The van der Waals surface area contributed by atoms with E-state index in [-0.39, 0.29) is 23.7 Å². The Kier molecular flexibility index (Phi) is 7.54. The van der Waals surface area contributed by atoms with Crippen molar-refractivity contribution in [3.63, 3.8) is 0 Å². The van der Waals surface area contributed by atoms with Gasteiger partial charge in [-0.25, -0.2) is 0 Å². The van der Waals surface area contributed by atoms with E-state index in [1.54, 1.807) is 38.5 Å². The zero-order valence-corrected chi connectivity index (χ0v) is 22.3. The molecular weight excluding hydrogens is 478 g/mol. The van der Waals surface area contributed by atoms with Crippen molar-refractivity contribution in [2.24, 2.45) is 5.92 Å². The number of benzene rings is 3. The fraction of sp³-hybridized carbons (Fsp3) is 0.355. The van der Waals surface area contributed by atoms with Crippen LogP contribution in [0.15, 0.2) is 72.8 Å². The van der Waals surface area contributed by atoms with Gasteiger partial charge >= 0.3 is 0 Å². The number of hydrogen-bond acceptors (Lipinski definition) is 5. The largest absolute Gasteiger partial charge is 0.497 e. The van der Waals surface area contributed by atoms with Gasteiger partial charge in [-0.3, -0.25) is 9.59 Å². The Morgan fingerprint density at radius 1 is 0.763 bits per heavy atom. The summed E-state index contributed by atoms with van der Waals surface area (Å²) in [6.07, 6.45) is 0. The maximum Gasteiger partial charge on any atom is 0.253 e. The lowest BCUT2D eigenvalue weighted by Gasteiger charge is -2.38. The molecule has 38 heavy (non-hydrogen) atoms. The molecule has 3 aromatic carbocycles. The number of carbonyl (C=O) groups is 2. The van der Waals surface area contributed by atoms with Gasteiger partial charge in [0.25, 0.3) is 5.91 Å². The highest BCUT2D eigenvalue weighted by Gasteiger charge is 2.42. The lowest BCUT2D eigenvalue weighted by molar-refractivity contribution is -0.135. The van der Waals surface area contributed by atoms with Crippen LogP contribution in [0.5, 0.6) is 11.5 Å². The van der Waals surface area contributed by atoms with Crippen molar-refractivity contribution in [2.75, 3.05) is 58.4 Å². The third-order valence-electron chi connectivity index (χ3n) is 7.78. The van der Waals surface area contributed by atoms with Crippen molar-refractivity contribution in [3.05, 3.63) is 89.5 Å². The summed E-state index contributed by atoms with van der Waals surface area (Å²) in [5.41, 5.74) is 3.93. The van der Waals surface area contributed by atoms with Gasteiger partial charge in [-0.1, -0.05) is 42.0 Å². The number of aryl methyl sites for hydroxylation is 1. The average Bonchev–Trinajstić information content (AvgIpc) is 3.42. The molecule has 2 fully saturated rings. The number of ether oxygens (including phenoxy) is 2. The van der Waals surface area contributed by atoms with Crippen LogP contribution in [0.4, 0.5) is 5.69 Å². The average molecular weight is 514 g/mol. The van der Waals surface area contributed by atoms with Crippen LogP contribution in [0.2, 0.25) is 0 Å². The Balaban J connectivity index is 1.33. The SMILES string of the molecule is COc1ccc(C(=O)N2C[C@H](C(=O)N3CCN(c4ccccc4OC)CC3)[C@@H](c3ccc(C)cc3)C2)cc1. The van der Waals surface area contributed by atoms with E-state index in [4.69, 9.17) is 9.47 Å². The van der Waals surface area contributed by atoms with Gasteiger partial charge in [-0.2, -0.15) is 0 Å². The standard InChI is InChI=1S/C31H35N3O4/c1-22-8-10-23(11-9-22)26-20-34(30(35)24-12-14-25(37-2)15-13-24)21-27(26)31(36)33-18-16-32(17-19-33)28-6-4-5-7-29(28)38-3/h4-15,26-27H,16-21H2,1-3H3/t26-,27+/m1/s1. The van der Waals surface area contributed by atoms with Crippen molar-refractivity contribution in [3.8, 4) is 11.5 Å². The second-order valence-corrected chi connectivity index (χ2v) is 10.0. The molecule has 0 unspecified atom stereocenters. The van der Waals surface area contributed by atoms with Gasteiger partial charge in [0.15, 0.2) is 0 Å². The first-order chi connectivity index (χ1) is 18.5. The minimum absolute atomic E-state index is 0.0439. The molecule has 2 amide bonds. The molecule has 0 N–H and O–H groups in total. The van der Waals surface area contributed by atoms with E-state index in [1.165, 1.54) is 5.56 Å². The molecule has 3 aromatic rings. The number of amides is 2. The highest BCUT2D eigenvalue weighted by molar-refractivity contribution is 5.95. The number of rotatable bonds is 6. The van der Waals surface area contributed by atoms with Crippen molar-refractivity contribution in [2.45, 2.75) is 12.8 Å². The summed E-state index contributed by atoms with van der Waals surface area (Å²) in [7, 11) is 3.29. The van der Waals surface area contributed by atoms with E-state index in [0.29, 0.717) is 37.5 Å². The van der Waals surface area contributed by atoms with Crippen LogP contribution in [0.3, 0.4) is 0 Å². The Bertz CT molecular complexity index is 1270. The van der Waals surface area contributed by atoms with E-state index in [0.717, 1.165) is 30.1 Å². The third-order valence-corrected chi connectivity index (χ3v) is 7.78. The molecule has 0 aliphatic carbocycles. The van der Waals surface area contributed by atoms with E-state index < -0.39 is 0 Å². The first-order valence-electron chi connectivity index (χ1n) is 13.1. The van der Waals surface area contributed by atoms with Crippen molar-refractivity contribution in [1.82, 2.24) is 9.80 Å². The smallest absolute Gasteiger partial charge is 0.253 e. The van der Waals surface area contributed by atoms with Gasteiger partial charge in [0.2, 0.25) is 5.91 Å². The summed E-state index contributed by atoms with van der Waals surface area (Å²) in [6, 6.07) is 23.5. The van der Waals surface area contributed by atoms with E-state index in [9.17, 15) is 9.59 Å². The number of hydrogen-bond donors (Lipinski definition) is 0. The second-order valence-electron chi connectivity index (χ2n) is 10.0. The number of carbonyl (C=O) groups excluding carboxylic acids is 2. The van der Waals surface area contributed by atoms with Gasteiger partial charge in [0.05, 0.1) is 25.8 Å². The third kappa shape index (κ3) is 5.19. The Hall–Kier alpha value is -4.00. The molecule has 2 aliphatic heterocycles. The molecule has 0 bridgehead atoms. The molecule has 0 aromatic heterocycles. The summed E-state index contributed by atoms with van der Waals surface area (Å²) in [5, 5.41) is 0. The quantitative estimate of drug-likeness (QED) is 0.494. The fourth-order valence-corrected chi connectivity index (χ4v) is 5.58. The second kappa shape index (κ2) is 11.2. The van der Waals surface area contributed by atoms with E-state index in [1.807, 2.05) is 28.0 Å². The lowest BCUT2D eigenvalue weighted by Crippen LogP contribution is -2.51. The number of methoxy groups -OCH3 is 2. The van der Waals surface area contributed by atoms with Crippen molar-refractivity contribution in [1.29, 1.82) is 0 Å². The monoisotopic (exact) mass is 513 g/mol. The van der Waals surface area contributed by atoms with Gasteiger partial charge in [0.1, 0.15) is 11.5 Å². The number of para-hydroxylation sites is 2. The molecule has 0 spiro atoms. The Morgan fingerprint density at radius 3 is 2.11 bits per heavy atom. The topological polar surface area (TPSA) is 62.3 Å². The molecule has 2 saturated heterocycles. The predicted molar refractivity (Wildman–Crippen MR) is 148 cm³/mol. The van der Waals surface area contributed by atoms with Gasteiger partial charge in [-0.15, -0.1) is 0 Å². The van der Waals surface area contributed by atoms with E-state index in [2.05, 4.69) is 42.2 Å². The first kappa shape index (κ1) is 25.6. The van der Waals surface area contributed by atoms with Crippen LogP contribution >= 0.6 is 0 Å². The van der Waals surface area contributed by atoms with Crippen LogP contribution < -0.4 is 14.4 Å². The maximum atomic E-state index is 13.9. The zero-order chi connectivity index (χ0) is 26.6. The minimum Gasteiger partial charge on any atom is -0.497 e. The number of piperazine rings is 1. The molecule has 7 nitrogen and oxygen atoms in total. The molecule has 2 aliphatic rings. The molecular formula is C31H35N3O4. The van der Waals surface area contributed by atoms with Crippen molar-refractivity contribution >= 4 is 17.5 Å². The summed E-state index contributed by atoms with van der Waals surface area (Å²) >= 11 is 0. The van der Waals surface area contributed by atoms with Crippen LogP contribution in [-0.2, 0) is 4.79 Å². The number of nitrogens with zero attached hydrogens (tertiary/aromatic N) is 3. The first-order valence-corrected chi connectivity index (χ1v) is 13.1. The van der Waals surface area contributed by atoms with Gasteiger partial charge in [-0.05, 0) is 48.9 Å². The summed E-state index contributed by atoms with van der Waals surface area (Å²) in [6.45, 7) is 5.74. The van der Waals surface area contributed by atoms with Crippen LogP contribution in [0.1, 0.15) is 27.4 Å². The predicted octanol–water partition coefficient (Wildman–Crippen LogP) is 4.22.